The molecule has 5 rings (SSSR count). The molecule has 2 aromatic heterocycles. The molecule has 12 heteroatoms. The molecule has 2 aromatic carbocycles. The van der Waals surface area contributed by atoms with Crippen LogP contribution in [-0.2, 0) is 26.8 Å². The third-order valence-electron chi connectivity index (χ3n) is 5.21. The van der Waals surface area contributed by atoms with Gasteiger partial charge in [0.15, 0.2) is 17.4 Å². The van der Waals surface area contributed by atoms with Crippen LogP contribution in [0.1, 0.15) is 11.1 Å². The van der Waals surface area contributed by atoms with Crippen molar-refractivity contribution in [3.63, 3.8) is 0 Å². The SMILES string of the molecule is O=CC1(n2c(=O)oc3cc(S(=O)(=O)Nc4ncns4)c(F)cc32)C=CCc2ccccc21. The Labute approximate surface area is 184 Å². The van der Waals surface area contributed by atoms with Crippen LogP contribution in [0, 0.1) is 5.82 Å². The van der Waals surface area contributed by atoms with E-state index in [0.29, 0.717) is 18.3 Å². The number of anilines is 1. The molecule has 9 nitrogen and oxygen atoms in total. The van der Waals surface area contributed by atoms with E-state index in [9.17, 15) is 18.0 Å². The van der Waals surface area contributed by atoms with Crippen LogP contribution in [0.15, 0.2) is 69.0 Å². The van der Waals surface area contributed by atoms with Gasteiger partial charge in [0.2, 0.25) is 5.13 Å². The zero-order chi connectivity index (χ0) is 22.5. The number of sulfonamides is 1. The van der Waals surface area contributed by atoms with E-state index < -0.39 is 32.0 Å². The van der Waals surface area contributed by atoms with E-state index in [-0.39, 0.29) is 16.2 Å². The van der Waals surface area contributed by atoms with E-state index in [2.05, 4.69) is 14.1 Å². The van der Waals surface area contributed by atoms with Crippen molar-refractivity contribution in [1.82, 2.24) is 13.9 Å². The van der Waals surface area contributed by atoms with Crippen LogP contribution in [0.3, 0.4) is 0 Å². The Bertz CT molecular complexity index is 1560. The number of aldehydes is 1. The molecule has 1 N–H and O–H groups in total. The van der Waals surface area contributed by atoms with Crippen molar-refractivity contribution in [2.24, 2.45) is 0 Å². The number of aromatic nitrogens is 3. The van der Waals surface area contributed by atoms with E-state index >= 15 is 4.39 Å². The monoisotopic (exact) mass is 472 g/mol. The smallest absolute Gasteiger partial charge is 0.408 e. The first kappa shape index (κ1) is 20.3. The van der Waals surface area contributed by atoms with Crippen molar-refractivity contribution in [1.29, 1.82) is 0 Å². The highest BCUT2D eigenvalue weighted by Gasteiger charge is 2.39. The summed E-state index contributed by atoms with van der Waals surface area (Å²) in [5, 5.41) is -0.0487. The number of halogens is 1. The normalized spacial score (nSPS) is 17.9. The maximum atomic E-state index is 15.0. The molecule has 0 radical (unpaired) electrons. The van der Waals surface area contributed by atoms with E-state index in [0.717, 1.165) is 40.1 Å². The molecule has 0 saturated carbocycles. The lowest BCUT2D eigenvalue weighted by molar-refractivity contribution is -0.112. The zero-order valence-corrected chi connectivity index (χ0v) is 17.7. The first-order valence-corrected chi connectivity index (χ1v) is 11.5. The summed E-state index contributed by atoms with van der Waals surface area (Å²) in [6.45, 7) is 0. The number of hydrogen-bond acceptors (Lipinski definition) is 8. The van der Waals surface area contributed by atoms with Crippen LogP contribution < -0.4 is 10.5 Å². The molecule has 1 aliphatic carbocycles. The van der Waals surface area contributed by atoms with Gasteiger partial charge in [0.1, 0.15) is 17.0 Å². The Morgan fingerprint density at radius 1 is 1.28 bits per heavy atom. The average Bonchev–Trinajstić information content (AvgIpc) is 3.39. The molecule has 0 bridgehead atoms. The summed E-state index contributed by atoms with van der Waals surface area (Å²) in [5.41, 5.74) is -0.432. The fourth-order valence-electron chi connectivity index (χ4n) is 3.86. The fraction of sp³-hybridized carbons (Fsp3) is 0.100. The van der Waals surface area contributed by atoms with Crippen molar-refractivity contribution in [2.45, 2.75) is 16.9 Å². The Hall–Kier alpha value is -3.64. The molecule has 0 spiro atoms. The topological polar surface area (TPSA) is 124 Å². The number of rotatable bonds is 5. The fourth-order valence-corrected chi connectivity index (χ4v) is 5.59. The number of oxazole rings is 1. The number of nitrogens with zero attached hydrogens (tertiary/aromatic N) is 3. The van der Waals surface area contributed by atoms with Crippen LogP contribution in [-0.4, -0.2) is 28.6 Å². The largest absolute Gasteiger partial charge is 0.421 e. The van der Waals surface area contributed by atoms with Gasteiger partial charge in [0, 0.05) is 23.7 Å². The number of nitrogens with one attached hydrogen (secondary N) is 1. The quantitative estimate of drug-likeness (QED) is 0.349. The lowest BCUT2D eigenvalue weighted by atomic mass is 9.82. The summed E-state index contributed by atoms with van der Waals surface area (Å²) in [4.78, 5) is 28.2. The van der Waals surface area contributed by atoms with Gasteiger partial charge in [-0.15, -0.1) is 0 Å². The Morgan fingerprint density at radius 2 is 2.09 bits per heavy atom. The molecule has 0 fully saturated rings. The molecule has 1 atom stereocenters. The van der Waals surface area contributed by atoms with Crippen molar-refractivity contribution in [2.75, 3.05) is 4.72 Å². The predicted octanol–water partition coefficient (Wildman–Crippen LogP) is 2.44. The van der Waals surface area contributed by atoms with Crippen LogP contribution in [0.25, 0.3) is 11.1 Å². The molecule has 0 amide bonds. The van der Waals surface area contributed by atoms with Crippen LogP contribution in [0.2, 0.25) is 0 Å². The maximum Gasteiger partial charge on any atom is 0.421 e. The first-order valence-electron chi connectivity index (χ1n) is 9.23. The summed E-state index contributed by atoms with van der Waals surface area (Å²) >= 11 is 0.777. The second-order valence-electron chi connectivity index (χ2n) is 7.01. The zero-order valence-electron chi connectivity index (χ0n) is 16.1. The number of benzene rings is 2. The molecule has 0 aliphatic heterocycles. The number of allylic oxidation sites excluding steroid dienone is 2. The van der Waals surface area contributed by atoms with E-state index in [1.165, 1.54) is 0 Å². The number of fused-ring (bicyclic) bond motifs is 2. The van der Waals surface area contributed by atoms with Crippen molar-refractivity contribution < 1.29 is 22.0 Å². The van der Waals surface area contributed by atoms with E-state index in [1.807, 2.05) is 12.1 Å². The molecule has 4 aromatic rings. The van der Waals surface area contributed by atoms with Crippen LogP contribution in [0.5, 0.6) is 0 Å². The van der Waals surface area contributed by atoms with Gasteiger partial charge in [0.25, 0.3) is 10.0 Å². The van der Waals surface area contributed by atoms with Crippen molar-refractivity contribution >= 4 is 44.1 Å². The Balaban J connectivity index is 1.72. The molecule has 2 heterocycles. The van der Waals surface area contributed by atoms with Gasteiger partial charge in [-0.3, -0.25) is 14.1 Å². The minimum absolute atomic E-state index is 0.0487. The minimum Gasteiger partial charge on any atom is -0.408 e. The van der Waals surface area contributed by atoms with E-state index in [1.54, 1.807) is 24.3 Å². The van der Waals surface area contributed by atoms with Crippen LogP contribution in [0.4, 0.5) is 9.52 Å². The molecular weight excluding hydrogens is 459 g/mol. The van der Waals surface area contributed by atoms with Gasteiger partial charge in [-0.1, -0.05) is 36.4 Å². The van der Waals surface area contributed by atoms with Gasteiger partial charge in [-0.05, 0) is 17.5 Å². The first-order chi connectivity index (χ1) is 15.4. The number of carbonyl (C=O) groups is 1. The summed E-state index contributed by atoms with van der Waals surface area (Å²) < 4.78 is 52.4. The third kappa shape index (κ3) is 2.99. The van der Waals surface area contributed by atoms with Gasteiger partial charge in [-0.2, -0.15) is 4.37 Å². The highest BCUT2D eigenvalue weighted by Crippen LogP contribution is 2.35. The predicted molar refractivity (Wildman–Crippen MR) is 114 cm³/mol. The maximum absolute atomic E-state index is 15.0. The van der Waals surface area contributed by atoms with Gasteiger partial charge >= 0.3 is 5.76 Å². The summed E-state index contributed by atoms with van der Waals surface area (Å²) in [6.07, 6.45) is 5.58. The molecular formula is C20H13FN4O5S2. The minimum atomic E-state index is -4.38. The average molecular weight is 472 g/mol. The summed E-state index contributed by atoms with van der Waals surface area (Å²) in [7, 11) is -4.38. The molecule has 1 aliphatic rings. The van der Waals surface area contributed by atoms with Crippen LogP contribution >= 0.6 is 11.5 Å². The third-order valence-corrected chi connectivity index (χ3v) is 7.28. The summed E-state index contributed by atoms with van der Waals surface area (Å²) in [6, 6.07) is 8.85. The molecule has 1 unspecified atom stereocenters. The van der Waals surface area contributed by atoms with Gasteiger partial charge in [-0.25, -0.2) is 22.6 Å². The second-order valence-corrected chi connectivity index (χ2v) is 9.44. The highest BCUT2D eigenvalue weighted by molar-refractivity contribution is 7.93. The summed E-state index contributed by atoms with van der Waals surface area (Å²) in [5.74, 6) is -2.06. The lowest BCUT2D eigenvalue weighted by Crippen LogP contribution is -2.42. The lowest BCUT2D eigenvalue weighted by Gasteiger charge is -2.31. The number of hydrogen-bond donors (Lipinski definition) is 1. The van der Waals surface area contributed by atoms with Crippen molar-refractivity contribution in [3.8, 4) is 0 Å². The molecule has 0 saturated heterocycles. The molecule has 162 valence electrons. The highest BCUT2D eigenvalue weighted by atomic mass is 32.2. The van der Waals surface area contributed by atoms with Gasteiger partial charge in [0.05, 0.1) is 5.52 Å². The van der Waals surface area contributed by atoms with E-state index in [4.69, 9.17) is 4.42 Å². The number of carbonyl (C=O) groups excluding carboxylic acids is 1. The van der Waals surface area contributed by atoms with Crippen molar-refractivity contribution in [3.05, 3.63) is 82.4 Å². The standard InChI is InChI=1S/C20H13FN4O5S2/c21-14-8-15-16(9-17(14)32(28,29)24-18-22-11-23-31-18)30-19(27)25(15)20(10-26)7-3-5-12-4-1-2-6-13(12)20/h1-4,6-11H,5H2,(H,22,23,24). The Morgan fingerprint density at radius 3 is 2.84 bits per heavy atom. The second kappa shape index (κ2) is 7.21. The molecule has 32 heavy (non-hydrogen) atoms. The van der Waals surface area contributed by atoms with Gasteiger partial charge < -0.3 is 4.42 Å². The Kier molecular flexibility index (Phi) is 4.57.